The second-order valence-corrected chi connectivity index (χ2v) is 5.13. The van der Waals surface area contributed by atoms with Gasteiger partial charge in [0.2, 0.25) is 0 Å². The van der Waals surface area contributed by atoms with E-state index in [2.05, 4.69) is 4.72 Å². The second-order valence-electron chi connectivity index (χ2n) is 3.32. The van der Waals surface area contributed by atoms with E-state index < -0.39 is 16.2 Å². The van der Waals surface area contributed by atoms with Gasteiger partial charge in [0.1, 0.15) is 0 Å². The second kappa shape index (κ2) is 4.88. The third-order valence-corrected chi connectivity index (χ3v) is 3.64. The zero-order valence-electron chi connectivity index (χ0n) is 8.34. The predicted molar refractivity (Wildman–Crippen MR) is 51.5 cm³/mol. The summed E-state index contributed by atoms with van der Waals surface area (Å²) in [6.07, 6.45) is -0.210. The van der Waals surface area contributed by atoms with E-state index in [1.807, 2.05) is 0 Å². The van der Waals surface area contributed by atoms with Crippen molar-refractivity contribution in [3.05, 3.63) is 0 Å². The smallest absolute Gasteiger partial charge is 0.304 e. The van der Waals surface area contributed by atoms with E-state index in [4.69, 9.17) is 9.84 Å². The molecule has 1 fully saturated rings. The standard InChI is InChI=1S/C7H14N2O5S/c1-9(3-2-7(10)11)15(12,13)8-6-4-14-5-6/h6,8H,2-5H2,1H3,(H,10,11). The van der Waals surface area contributed by atoms with E-state index in [9.17, 15) is 13.2 Å². The number of hydrogen-bond donors (Lipinski definition) is 2. The fourth-order valence-corrected chi connectivity index (χ4v) is 2.05. The Hall–Kier alpha value is -0.700. The maximum atomic E-state index is 11.5. The maximum absolute atomic E-state index is 11.5. The summed E-state index contributed by atoms with van der Waals surface area (Å²) in [6.45, 7) is 0.691. The number of nitrogens with zero attached hydrogens (tertiary/aromatic N) is 1. The van der Waals surface area contributed by atoms with Gasteiger partial charge in [0.25, 0.3) is 10.2 Å². The van der Waals surface area contributed by atoms with Crippen molar-refractivity contribution >= 4 is 16.2 Å². The van der Waals surface area contributed by atoms with Gasteiger partial charge in [0, 0.05) is 13.6 Å². The van der Waals surface area contributed by atoms with Gasteiger partial charge in [-0.25, -0.2) is 0 Å². The first-order valence-corrected chi connectivity index (χ1v) is 5.89. The van der Waals surface area contributed by atoms with E-state index in [1.54, 1.807) is 0 Å². The van der Waals surface area contributed by atoms with E-state index >= 15 is 0 Å². The van der Waals surface area contributed by atoms with Crippen molar-refractivity contribution in [2.24, 2.45) is 0 Å². The number of carbonyl (C=O) groups is 1. The van der Waals surface area contributed by atoms with Crippen molar-refractivity contribution in [3.8, 4) is 0 Å². The molecular formula is C7H14N2O5S. The molecule has 1 heterocycles. The molecule has 88 valence electrons. The fourth-order valence-electron chi connectivity index (χ4n) is 0.978. The number of rotatable bonds is 6. The molecule has 0 saturated carbocycles. The lowest BCUT2D eigenvalue weighted by Crippen LogP contribution is -2.52. The molecule has 0 aromatic heterocycles. The van der Waals surface area contributed by atoms with Gasteiger partial charge >= 0.3 is 5.97 Å². The van der Waals surface area contributed by atoms with Crippen LogP contribution in [-0.2, 0) is 19.7 Å². The number of carboxylic acid groups (broad SMARTS) is 1. The highest BCUT2D eigenvalue weighted by Gasteiger charge is 2.27. The molecule has 0 radical (unpaired) electrons. The van der Waals surface area contributed by atoms with Crippen molar-refractivity contribution in [2.45, 2.75) is 12.5 Å². The molecule has 2 N–H and O–H groups in total. The van der Waals surface area contributed by atoms with Gasteiger partial charge in [0.05, 0.1) is 25.7 Å². The summed E-state index contributed by atoms with van der Waals surface area (Å²) in [4.78, 5) is 10.3. The van der Waals surface area contributed by atoms with E-state index in [-0.39, 0.29) is 19.0 Å². The zero-order valence-corrected chi connectivity index (χ0v) is 9.16. The van der Waals surface area contributed by atoms with Crippen LogP contribution in [0.2, 0.25) is 0 Å². The molecule has 15 heavy (non-hydrogen) atoms. The Morgan fingerprint density at radius 3 is 2.60 bits per heavy atom. The summed E-state index contributed by atoms with van der Waals surface area (Å²) in [5.41, 5.74) is 0. The number of hydrogen-bond acceptors (Lipinski definition) is 4. The zero-order chi connectivity index (χ0) is 11.5. The molecule has 8 heteroatoms. The van der Waals surface area contributed by atoms with E-state index in [0.29, 0.717) is 13.2 Å². The Kier molecular flexibility index (Phi) is 4.03. The number of ether oxygens (including phenoxy) is 1. The van der Waals surface area contributed by atoms with Gasteiger partial charge in [-0.3, -0.25) is 4.79 Å². The van der Waals surface area contributed by atoms with Gasteiger partial charge in [-0.15, -0.1) is 0 Å². The number of carboxylic acids is 1. The van der Waals surface area contributed by atoms with Crippen LogP contribution in [0.1, 0.15) is 6.42 Å². The van der Waals surface area contributed by atoms with Crippen molar-refractivity contribution in [1.29, 1.82) is 0 Å². The first-order valence-electron chi connectivity index (χ1n) is 4.45. The van der Waals surface area contributed by atoms with Crippen LogP contribution in [0.25, 0.3) is 0 Å². The topological polar surface area (TPSA) is 95.9 Å². The average molecular weight is 238 g/mol. The van der Waals surface area contributed by atoms with Crippen LogP contribution in [-0.4, -0.2) is 56.6 Å². The van der Waals surface area contributed by atoms with Gasteiger partial charge in [0.15, 0.2) is 0 Å². The van der Waals surface area contributed by atoms with Crippen LogP contribution in [0.3, 0.4) is 0 Å². The summed E-state index contributed by atoms with van der Waals surface area (Å²) < 4.78 is 31.2. The van der Waals surface area contributed by atoms with Crippen LogP contribution >= 0.6 is 0 Å². The first-order chi connectivity index (χ1) is 6.92. The fraction of sp³-hybridized carbons (Fsp3) is 0.857. The maximum Gasteiger partial charge on any atom is 0.304 e. The predicted octanol–water partition coefficient (Wildman–Crippen LogP) is -1.37. The minimum Gasteiger partial charge on any atom is -0.481 e. The molecule has 0 aromatic carbocycles. The van der Waals surface area contributed by atoms with Crippen molar-refractivity contribution < 1.29 is 23.1 Å². The highest BCUT2D eigenvalue weighted by Crippen LogP contribution is 2.04. The molecule has 7 nitrogen and oxygen atoms in total. The molecule has 1 saturated heterocycles. The summed E-state index contributed by atoms with van der Waals surface area (Å²) in [6, 6.07) is -0.192. The SMILES string of the molecule is CN(CCC(=O)O)S(=O)(=O)NC1COC1. The molecule has 0 amide bonds. The van der Waals surface area contributed by atoms with Crippen molar-refractivity contribution in [3.63, 3.8) is 0 Å². The van der Waals surface area contributed by atoms with E-state index in [1.165, 1.54) is 7.05 Å². The Morgan fingerprint density at radius 1 is 1.60 bits per heavy atom. The van der Waals surface area contributed by atoms with Crippen LogP contribution in [0, 0.1) is 0 Å². The molecular weight excluding hydrogens is 224 g/mol. The third-order valence-electron chi connectivity index (χ3n) is 2.00. The molecule has 1 aliphatic rings. The normalized spacial score (nSPS) is 17.7. The Balaban J connectivity index is 2.41. The van der Waals surface area contributed by atoms with Crippen molar-refractivity contribution in [2.75, 3.05) is 26.8 Å². The quantitative estimate of drug-likeness (QED) is 0.595. The molecule has 1 rings (SSSR count). The molecule has 0 atom stereocenters. The Bertz CT molecular complexity index is 324. The Morgan fingerprint density at radius 2 is 2.20 bits per heavy atom. The summed E-state index contributed by atoms with van der Waals surface area (Å²) in [7, 11) is -2.24. The minimum absolute atomic E-state index is 0.0434. The molecule has 1 aliphatic heterocycles. The van der Waals surface area contributed by atoms with Crippen LogP contribution in [0.5, 0.6) is 0 Å². The Labute approximate surface area is 88.2 Å². The highest BCUT2D eigenvalue weighted by molar-refractivity contribution is 7.87. The largest absolute Gasteiger partial charge is 0.481 e. The first kappa shape index (κ1) is 12.4. The van der Waals surface area contributed by atoms with Crippen LogP contribution in [0.15, 0.2) is 0 Å². The average Bonchev–Trinajstić information content (AvgIpc) is 2.07. The van der Waals surface area contributed by atoms with Gasteiger partial charge in [-0.1, -0.05) is 0 Å². The molecule has 0 unspecified atom stereocenters. The van der Waals surface area contributed by atoms with Crippen LogP contribution in [0.4, 0.5) is 0 Å². The number of nitrogens with one attached hydrogen (secondary N) is 1. The highest BCUT2D eigenvalue weighted by atomic mass is 32.2. The minimum atomic E-state index is -3.58. The van der Waals surface area contributed by atoms with Gasteiger partial charge in [-0.2, -0.15) is 17.4 Å². The van der Waals surface area contributed by atoms with Gasteiger partial charge in [-0.05, 0) is 0 Å². The molecule has 0 spiro atoms. The molecule has 0 bridgehead atoms. The summed E-state index contributed by atoms with van der Waals surface area (Å²) >= 11 is 0. The third kappa shape index (κ3) is 3.74. The number of aliphatic carboxylic acids is 1. The summed E-state index contributed by atoms with van der Waals surface area (Å²) in [5.74, 6) is -1.02. The lowest BCUT2D eigenvalue weighted by atomic mass is 10.3. The van der Waals surface area contributed by atoms with Gasteiger partial charge < -0.3 is 9.84 Å². The monoisotopic (exact) mass is 238 g/mol. The lowest BCUT2D eigenvalue weighted by Gasteiger charge is -2.28. The summed E-state index contributed by atoms with van der Waals surface area (Å²) in [5, 5.41) is 8.41. The lowest BCUT2D eigenvalue weighted by molar-refractivity contribution is -0.137. The van der Waals surface area contributed by atoms with Crippen LogP contribution < -0.4 is 4.72 Å². The van der Waals surface area contributed by atoms with E-state index in [0.717, 1.165) is 4.31 Å². The van der Waals surface area contributed by atoms with Crippen molar-refractivity contribution in [1.82, 2.24) is 9.03 Å². The molecule has 0 aromatic rings. The molecule has 0 aliphatic carbocycles.